The third kappa shape index (κ3) is 9.10. The van der Waals surface area contributed by atoms with Crippen LogP contribution in [0.2, 0.25) is 0 Å². The smallest absolute Gasteiger partial charge is 0.256 e. The van der Waals surface area contributed by atoms with Crippen LogP contribution in [0.1, 0.15) is 83.1 Å². The molecule has 4 heterocycles. The van der Waals surface area contributed by atoms with E-state index in [1.54, 1.807) is 0 Å². The van der Waals surface area contributed by atoms with Crippen molar-refractivity contribution in [1.29, 1.82) is 0 Å². The Balaban J connectivity index is 0.860. The molecule has 0 atom stereocenters. The van der Waals surface area contributed by atoms with Crippen LogP contribution in [0.25, 0.3) is 77.9 Å². The minimum absolute atomic E-state index is 0.150. The van der Waals surface area contributed by atoms with E-state index in [1.165, 1.54) is 50.1 Å². The van der Waals surface area contributed by atoms with Gasteiger partial charge in [-0.05, 0) is 206 Å². The molecule has 0 unspecified atom stereocenters. The van der Waals surface area contributed by atoms with E-state index in [0.717, 1.165) is 140 Å². The normalized spacial score (nSPS) is 15.2. The largest absolute Gasteiger partial charge is 0.458 e. The maximum Gasteiger partial charge on any atom is 0.256 e. The first-order chi connectivity index (χ1) is 53.8. The second kappa shape index (κ2) is 23.1. The van der Waals surface area contributed by atoms with Gasteiger partial charge in [0, 0.05) is 73.5 Å². The maximum atomic E-state index is 9.21. The fraction of sp³-hybridized carbons (Fsp3) is 0.100. The van der Waals surface area contributed by atoms with Gasteiger partial charge in [-0.25, -0.2) is 0 Å². The molecule has 0 fully saturated rings. The van der Waals surface area contributed by atoms with Crippen molar-refractivity contribution < 1.29 is 11.6 Å². The second-order valence-corrected chi connectivity index (χ2v) is 31.5. The average Bonchev–Trinajstić information content (AvgIpc) is 1.28. The van der Waals surface area contributed by atoms with Gasteiger partial charge in [0.25, 0.3) is 13.4 Å². The minimum Gasteiger partial charge on any atom is -0.458 e. The van der Waals surface area contributed by atoms with E-state index < -0.39 is 6.04 Å². The van der Waals surface area contributed by atoms with Gasteiger partial charge in [-0.3, -0.25) is 0 Å². The van der Waals surface area contributed by atoms with Gasteiger partial charge in [0.05, 0.1) is 12.5 Å². The van der Waals surface area contributed by atoms with Gasteiger partial charge < -0.3 is 19.4 Å². The quantitative estimate of drug-likeness (QED) is 0.141. The SMILES string of the molecule is [2H]c1c([2H])c([2H])c(-c2ccc(N3c4cc5c(cc4B4c6ccccc6N(c6ccccc6)c6cc(-c7cccc8c7C(C)(C)c7ccccc7-8)cc3c64)B3c4ccccc4N(c4c(-c6ccccc6)cc(C(C)(C)C)cc4-c4ccccc4)c4cc(-c6cccc7c6C(C)(C)c6ccccc6-7)cc(c43)O5)cc2)c([2H])c1[2H]. The highest BCUT2D eigenvalue weighted by atomic mass is 16.5. The Morgan fingerprint density at radius 1 is 0.311 bits per heavy atom. The predicted molar refractivity (Wildman–Crippen MR) is 447 cm³/mol. The Kier molecular flexibility index (Phi) is 12.4. The monoisotopic (exact) mass is 1360 g/mol. The molecular weight excluding hydrogens is 1280 g/mol. The van der Waals surface area contributed by atoms with Crippen molar-refractivity contribution in [3.8, 4) is 89.4 Å². The minimum atomic E-state index is -0.426. The lowest BCUT2D eigenvalue weighted by molar-refractivity contribution is 0.488. The molecule has 0 saturated heterocycles. The molecule has 0 aromatic heterocycles. The summed E-state index contributed by atoms with van der Waals surface area (Å²) in [7, 11) is 0. The van der Waals surface area contributed by atoms with Gasteiger partial charge in [-0.2, -0.15) is 0 Å². The number of anilines is 9. The van der Waals surface area contributed by atoms with Crippen molar-refractivity contribution in [1.82, 2.24) is 0 Å². The van der Waals surface area contributed by atoms with E-state index >= 15 is 0 Å². The summed E-state index contributed by atoms with van der Waals surface area (Å²) < 4.78 is 52.7. The van der Waals surface area contributed by atoms with Crippen molar-refractivity contribution in [3.05, 3.63) is 355 Å². The molecule has 21 rings (SSSR count). The molecule has 4 aliphatic heterocycles. The van der Waals surface area contributed by atoms with Crippen LogP contribution in [-0.4, -0.2) is 13.4 Å². The molecule has 106 heavy (non-hydrogen) atoms. The molecule has 2 aliphatic carbocycles. The molecule has 0 saturated carbocycles. The number of rotatable bonds is 8. The Labute approximate surface area is 629 Å². The third-order valence-corrected chi connectivity index (χ3v) is 23.9. The number of fused-ring (bicyclic) bond motifs is 14. The van der Waals surface area contributed by atoms with Crippen LogP contribution in [0.5, 0.6) is 11.5 Å². The molecule has 6 heteroatoms. The summed E-state index contributed by atoms with van der Waals surface area (Å²) in [5.74, 6) is 1.52. The molecule has 0 radical (unpaired) electrons. The number of ether oxygens (including phenoxy) is 1. The fourth-order valence-electron chi connectivity index (χ4n) is 19.2. The van der Waals surface area contributed by atoms with Crippen LogP contribution in [0.3, 0.4) is 0 Å². The van der Waals surface area contributed by atoms with E-state index in [2.05, 4.69) is 348 Å². The Morgan fingerprint density at radius 3 is 1.33 bits per heavy atom. The first-order valence-corrected chi connectivity index (χ1v) is 37.1. The zero-order valence-electron chi connectivity index (χ0n) is 65.2. The summed E-state index contributed by atoms with van der Waals surface area (Å²) in [4.78, 5) is 7.48. The standard InChI is InChI=1S/C100H75B2N3O/c1-98(2,3)68-58-77(64-32-14-9-15-33-64)97(78(59-68)65-34-16-10-17-35-65)105-86-49-27-25-47-82(86)102-84-60-83-87(61-91(84)106-92-57-67(56-90(105)96(92)102)72-41-29-43-76-74-39-21-23-45-80(74)100(6,7)94(72)76)104(70-52-50-63(51-53-70)62-30-12-8-13-31-62)89-55-66(71-40-28-42-75-73-38-20-22-44-79(73)99(4,5)93(71)75)54-88-95(89)101(83)81-46-24-26-48-85(81)103(88)69-36-18-11-19-37-69/h8-61H,1-7H3/i8D,12D,13D,30D,31D. The summed E-state index contributed by atoms with van der Waals surface area (Å²) in [6.07, 6.45) is 0. The molecule has 15 aromatic carbocycles. The first kappa shape index (κ1) is 57.1. The first-order valence-electron chi connectivity index (χ1n) is 39.6. The molecule has 0 N–H and O–H groups in total. The molecular formula is C100H75B2N3O. The molecule has 0 spiro atoms. The molecule has 0 bridgehead atoms. The van der Waals surface area contributed by atoms with Crippen molar-refractivity contribution >= 4 is 97.4 Å². The van der Waals surface area contributed by atoms with Crippen LogP contribution >= 0.6 is 0 Å². The lowest BCUT2D eigenvalue weighted by Crippen LogP contribution is -2.64. The van der Waals surface area contributed by atoms with Gasteiger partial charge in [-0.15, -0.1) is 0 Å². The van der Waals surface area contributed by atoms with E-state index in [9.17, 15) is 2.74 Å². The highest BCUT2D eigenvalue weighted by molar-refractivity contribution is 7.02. The number of hydrogen-bond acceptors (Lipinski definition) is 4. The molecule has 4 nitrogen and oxygen atoms in total. The van der Waals surface area contributed by atoms with Gasteiger partial charge in [0.1, 0.15) is 11.5 Å². The summed E-state index contributed by atoms with van der Waals surface area (Å²) in [5, 5.41) is 0. The third-order valence-electron chi connectivity index (χ3n) is 23.9. The summed E-state index contributed by atoms with van der Waals surface area (Å²) in [5.41, 5.74) is 35.9. The average molecular weight is 1360 g/mol. The van der Waals surface area contributed by atoms with E-state index in [4.69, 9.17) is 8.85 Å². The van der Waals surface area contributed by atoms with Crippen LogP contribution in [0.15, 0.2) is 327 Å². The highest BCUT2D eigenvalue weighted by Gasteiger charge is 2.50. The predicted octanol–water partition coefficient (Wildman–Crippen LogP) is 22.4. The van der Waals surface area contributed by atoms with Crippen molar-refractivity contribution in [3.63, 3.8) is 0 Å². The Morgan fingerprint density at radius 2 is 0.764 bits per heavy atom. The molecule has 6 aliphatic rings. The zero-order valence-corrected chi connectivity index (χ0v) is 60.2. The number of benzene rings is 15. The molecule has 502 valence electrons. The fourth-order valence-corrected chi connectivity index (χ4v) is 19.2. The van der Waals surface area contributed by atoms with E-state index in [1.807, 2.05) is 12.1 Å². The Hall–Kier alpha value is -12.4. The van der Waals surface area contributed by atoms with Gasteiger partial charge in [0.15, 0.2) is 0 Å². The summed E-state index contributed by atoms with van der Waals surface area (Å²) in [6, 6.07) is 108. The maximum absolute atomic E-state index is 9.21. The summed E-state index contributed by atoms with van der Waals surface area (Å²) in [6.45, 7) is 15.8. The number of hydrogen-bond donors (Lipinski definition) is 0. The van der Waals surface area contributed by atoms with Gasteiger partial charge >= 0.3 is 0 Å². The van der Waals surface area contributed by atoms with Crippen LogP contribution in [-0.2, 0) is 16.2 Å². The van der Waals surface area contributed by atoms with Gasteiger partial charge in [-0.1, -0.05) is 297 Å². The molecule has 0 amide bonds. The van der Waals surface area contributed by atoms with Crippen LogP contribution in [0.4, 0.5) is 51.2 Å². The number of nitrogens with zero attached hydrogens (tertiary/aromatic N) is 3. The van der Waals surface area contributed by atoms with Gasteiger partial charge in [0.2, 0.25) is 0 Å². The highest BCUT2D eigenvalue weighted by Crippen LogP contribution is 2.58. The van der Waals surface area contributed by atoms with Crippen molar-refractivity contribution in [2.45, 2.75) is 64.7 Å². The van der Waals surface area contributed by atoms with Crippen LogP contribution in [0, 0.1) is 0 Å². The lowest BCUT2D eigenvalue weighted by atomic mass is 9.30. The second-order valence-electron chi connectivity index (χ2n) is 31.5. The van der Waals surface area contributed by atoms with E-state index in [0.29, 0.717) is 5.56 Å². The van der Waals surface area contributed by atoms with Crippen molar-refractivity contribution in [2.24, 2.45) is 0 Å². The van der Waals surface area contributed by atoms with Crippen LogP contribution < -0.4 is 52.2 Å². The summed E-state index contributed by atoms with van der Waals surface area (Å²) >= 11 is 0. The van der Waals surface area contributed by atoms with E-state index in [-0.39, 0.29) is 59.4 Å². The topological polar surface area (TPSA) is 19.0 Å². The lowest BCUT2D eigenvalue weighted by Gasteiger charge is -2.46. The zero-order chi connectivity index (χ0) is 75.4. The molecule has 15 aromatic rings. The number of para-hydroxylation sites is 3. The van der Waals surface area contributed by atoms with Crippen molar-refractivity contribution in [2.75, 3.05) is 14.7 Å². The Bertz CT molecular complexity index is 6420.